The Balaban J connectivity index is 2.15. The summed E-state index contributed by atoms with van der Waals surface area (Å²) in [6.07, 6.45) is 3.41. The topological polar surface area (TPSA) is 49.4 Å². The Morgan fingerprint density at radius 3 is 2.64 bits per heavy atom. The summed E-state index contributed by atoms with van der Waals surface area (Å²) in [5.74, 6) is 0. The van der Waals surface area contributed by atoms with Crippen LogP contribution in [0.3, 0.4) is 0 Å². The number of nitrogens with one attached hydrogen (secondary N) is 1. The molecule has 1 aliphatic heterocycles. The lowest BCUT2D eigenvalue weighted by atomic mass is 9.96. The third-order valence-corrected chi connectivity index (χ3v) is 7.14. The van der Waals surface area contributed by atoms with E-state index in [9.17, 15) is 8.42 Å². The number of nitrogens with zero attached hydrogens (tertiary/aromatic N) is 1. The molecule has 1 N–H and O–H groups in total. The van der Waals surface area contributed by atoms with E-state index in [1.807, 2.05) is 36.4 Å². The van der Waals surface area contributed by atoms with Crippen LogP contribution in [0.15, 0.2) is 47.4 Å². The maximum absolute atomic E-state index is 13.2. The normalized spacial score (nSPS) is 18.4. The molecule has 6 heteroatoms. The maximum Gasteiger partial charge on any atom is 0.264 e. The van der Waals surface area contributed by atoms with Gasteiger partial charge in [0.15, 0.2) is 0 Å². The van der Waals surface area contributed by atoms with Crippen molar-refractivity contribution in [3.8, 4) is 0 Å². The standard InChI is InChI=1S/C19H23IN2O2S/c1-3-4-7-12-21-19-15-8-5-6-9-17(15)22(2)25(23,24)18-13-14(20)10-11-16(18)19/h5-6,8-11,13,19,21H,3-4,7,12H2,1-2H3. The molecular weight excluding hydrogens is 447 g/mol. The van der Waals surface area contributed by atoms with Crippen LogP contribution in [0, 0.1) is 3.57 Å². The molecule has 1 heterocycles. The number of halogens is 1. The van der Waals surface area contributed by atoms with E-state index in [-0.39, 0.29) is 6.04 Å². The van der Waals surface area contributed by atoms with Crippen molar-refractivity contribution >= 4 is 38.3 Å². The lowest BCUT2D eigenvalue weighted by molar-refractivity contribution is 0.559. The average molecular weight is 470 g/mol. The molecule has 0 bridgehead atoms. The smallest absolute Gasteiger partial charge is 0.264 e. The number of para-hydroxylation sites is 1. The van der Waals surface area contributed by atoms with Crippen molar-refractivity contribution < 1.29 is 8.42 Å². The van der Waals surface area contributed by atoms with Crippen molar-refractivity contribution in [2.75, 3.05) is 17.9 Å². The number of rotatable bonds is 5. The van der Waals surface area contributed by atoms with Gasteiger partial charge >= 0.3 is 0 Å². The fraction of sp³-hybridized carbons (Fsp3) is 0.368. The van der Waals surface area contributed by atoms with Crippen molar-refractivity contribution in [1.29, 1.82) is 0 Å². The molecule has 0 aliphatic carbocycles. The Morgan fingerprint density at radius 1 is 1.12 bits per heavy atom. The molecule has 2 aromatic rings. The molecule has 0 fully saturated rings. The second-order valence-electron chi connectivity index (χ2n) is 6.31. The summed E-state index contributed by atoms with van der Waals surface area (Å²) in [5, 5.41) is 3.59. The molecule has 1 aliphatic rings. The molecule has 0 saturated heterocycles. The number of anilines is 1. The van der Waals surface area contributed by atoms with Gasteiger partial charge in [0.2, 0.25) is 0 Å². The van der Waals surface area contributed by atoms with Crippen molar-refractivity contribution in [2.24, 2.45) is 0 Å². The second kappa shape index (κ2) is 7.63. The lowest BCUT2D eigenvalue weighted by Crippen LogP contribution is -2.26. The second-order valence-corrected chi connectivity index (χ2v) is 9.49. The first-order chi connectivity index (χ1) is 12.0. The highest BCUT2D eigenvalue weighted by molar-refractivity contribution is 14.1. The van der Waals surface area contributed by atoms with Gasteiger partial charge in [-0.2, -0.15) is 0 Å². The zero-order valence-corrected chi connectivity index (χ0v) is 17.5. The van der Waals surface area contributed by atoms with Gasteiger partial charge in [0.25, 0.3) is 10.0 Å². The van der Waals surface area contributed by atoms with Gasteiger partial charge in [-0.15, -0.1) is 0 Å². The average Bonchev–Trinajstić information content (AvgIpc) is 2.67. The number of unbranched alkanes of at least 4 members (excludes halogenated alkanes) is 2. The molecule has 0 radical (unpaired) electrons. The van der Waals surface area contributed by atoms with E-state index in [0.29, 0.717) is 4.90 Å². The Labute approximate surface area is 163 Å². The van der Waals surface area contributed by atoms with Crippen LogP contribution in [-0.2, 0) is 10.0 Å². The van der Waals surface area contributed by atoms with Gasteiger partial charge in [-0.05, 0) is 64.9 Å². The van der Waals surface area contributed by atoms with E-state index in [4.69, 9.17) is 0 Å². The predicted molar refractivity (Wildman–Crippen MR) is 111 cm³/mol. The molecule has 0 saturated carbocycles. The van der Waals surface area contributed by atoms with Crippen LogP contribution in [0.2, 0.25) is 0 Å². The minimum absolute atomic E-state index is 0.125. The van der Waals surface area contributed by atoms with Gasteiger partial charge in [0, 0.05) is 10.6 Å². The summed E-state index contributed by atoms with van der Waals surface area (Å²) >= 11 is 2.17. The molecule has 3 rings (SSSR count). The molecule has 1 unspecified atom stereocenters. The summed E-state index contributed by atoms with van der Waals surface area (Å²) in [4.78, 5) is 0.395. The van der Waals surface area contributed by atoms with Gasteiger partial charge in [-0.1, -0.05) is 44.0 Å². The first-order valence-electron chi connectivity index (χ1n) is 8.57. The Hall–Kier alpha value is -1.12. The van der Waals surface area contributed by atoms with Crippen LogP contribution < -0.4 is 9.62 Å². The van der Waals surface area contributed by atoms with E-state index in [1.165, 1.54) is 10.7 Å². The number of sulfonamides is 1. The predicted octanol–water partition coefficient (Wildman–Crippen LogP) is 4.30. The Bertz CT molecular complexity index is 867. The van der Waals surface area contributed by atoms with Crippen molar-refractivity contribution in [1.82, 2.24) is 5.32 Å². The molecular formula is C19H23IN2O2S. The number of fused-ring (bicyclic) bond motifs is 2. The summed E-state index contributed by atoms with van der Waals surface area (Å²) in [7, 11) is -1.94. The summed E-state index contributed by atoms with van der Waals surface area (Å²) in [6.45, 7) is 3.04. The lowest BCUT2D eigenvalue weighted by Gasteiger charge is -2.22. The fourth-order valence-electron chi connectivity index (χ4n) is 3.27. The summed E-state index contributed by atoms with van der Waals surface area (Å²) in [6, 6.07) is 13.3. The van der Waals surface area contributed by atoms with E-state index < -0.39 is 10.0 Å². The van der Waals surface area contributed by atoms with E-state index >= 15 is 0 Å². The molecule has 134 valence electrons. The summed E-state index contributed by atoms with van der Waals surface area (Å²) in [5.41, 5.74) is 2.57. The highest BCUT2D eigenvalue weighted by Crippen LogP contribution is 2.40. The van der Waals surface area contributed by atoms with Crippen LogP contribution >= 0.6 is 22.6 Å². The van der Waals surface area contributed by atoms with Crippen LogP contribution in [0.5, 0.6) is 0 Å². The molecule has 0 amide bonds. The molecule has 4 nitrogen and oxygen atoms in total. The first kappa shape index (κ1) is 18.7. The minimum Gasteiger partial charge on any atom is -0.306 e. The van der Waals surface area contributed by atoms with E-state index in [2.05, 4.69) is 34.8 Å². The Kier molecular flexibility index (Phi) is 5.70. The zero-order chi connectivity index (χ0) is 18.0. The van der Waals surface area contributed by atoms with Crippen LogP contribution in [-0.4, -0.2) is 22.0 Å². The number of benzene rings is 2. The van der Waals surface area contributed by atoms with Gasteiger partial charge in [0.05, 0.1) is 16.6 Å². The molecule has 25 heavy (non-hydrogen) atoms. The Morgan fingerprint density at radius 2 is 1.88 bits per heavy atom. The van der Waals surface area contributed by atoms with E-state index in [1.54, 1.807) is 13.1 Å². The molecule has 0 spiro atoms. The monoisotopic (exact) mass is 470 g/mol. The maximum atomic E-state index is 13.2. The van der Waals surface area contributed by atoms with Crippen molar-refractivity contribution in [2.45, 2.75) is 37.1 Å². The van der Waals surface area contributed by atoms with Gasteiger partial charge < -0.3 is 5.32 Å². The van der Waals surface area contributed by atoms with Crippen molar-refractivity contribution in [3.63, 3.8) is 0 Å². The first-order valence-corrected chi connectivity index (χ1v) is 11.1. The largest absolute Gasteiger partial charge is 0.306 e. The van der Waals surface area contributed by atoms with Gasteiger partial charge in [-0.25, -0.2) is 8.42 Å². The highest BCUT2D eigenvalue weighted by Gasteiger charge is 2.34. The van der Waals surface area contributed by atoms with Gasteiger partial charge in [-0.3, -0.25) is 4.31 Å². The quantitative estimate of drug-likeness (QED) is 0.524. The molecule has 0 aromatic heterocycles. The highest BCUT2D eigenvalue weighted by atomic mass is 127. The number of hydrogen-bond donors (Lipinski definition) is 1. The van der Waals surface area contributed by atoms with Crippen LogP contribution in [0.25, 0.3) is 0 Å². The molecule has 2 aromatic carbocycles. The van der Waals surface area contributed by atoms with Crippen LogP contribution in [0.4, 0.5) is 5.69 Å². The van der Waals surface area contributed by atoms with E-state index in [0.717, 1.165) is 39.8 Å². The third-order valence-electron chi connectivity index (χ3n) is 4.64. The zero-order valence-electron chi connectivity index (χ0n) is 14.5. The molecule has 1 atom stereocenters. The summed E-state index contributed by atoms with van der Waals surface area (Å²) < 4.78 is 28.6. The fourth-order valence-corrected chi connectivity index (χ4v) is 5.46. The minimum atomic E-state index is -3.57. The van der Waals surface area contributed by atoms with Crippen molar-refractivity contribution in [3.05, 3.63) is 57.2 Å². The van der Waals surface area contributed by atoms with Gasteiger partial charge in [0.1, 0.15) is 0 Å². The number of hydrogen-bond acceptors (Lipinski definition) is 3. The SMILES string of the molecule is CCCCCNC1c2ccccc2N(C)S(=O)(=O)c2cc(I)ccc21. The third kappa shape index (κ3) is 3.57. The van der Waals surface area contributed by atoms with Crippen LogP contribution in [0.1, 0.15) is 43.4 Å².